The molecule has 0 saturated carbocycles. The maximum Gasteiger partial charge on any atom is 0.416 e. The van der Waals surface area contributed by atoms with Crippen molar-refractivity contribution in [2.24, 2.45) is 11.7 Å². The van der Waals surface area contributed by atoms with Gasteiger partial charge in [0, 0.05) is 32.1 Å². The van der Waals surface area contributed by atoms with E-state index in [1.165, 1.54) is 12.1 Å². The van der Waals surface area contributed by atoms with Crippen molar-refractivity contribution in [2.45, 2.75) is 44.3 Å². The zero-order valence-corrected chi connectivity index (χ0v) is 15.8. The van der Waals surface area contributed by atoms with E-state index in [0.29, 0.717) is 38.5 Å². The van der Waals surface area contributed by atoms with E-state index in [4.69, 9.17) is 5.73 Å². The second-order valence-corrected chi connectivity index (χ2v) is 7.69. The van der Waals surface area contributed by atoms with Gasteiger partial charge in [-0.3, -0.25) is 14.5 Å². The summed E-state index contributed by atoms with van der Waals surface area (Å²) in [6.45, 7) is 2.94. The Labute approximate surface area is 162 Å². The monoisotopic (exact) mass is 397 g/mol. The fourth-order valence-electron chi connectivity index (χ4n) is 4.10. The topological polar surface area (TPSA) is 66.6 Å². The van der Waals surface area contributed by atoms with Crippen molar-refractivity contribution in [1.82, 2.24) is 9.80 Å². The second-order valence-electron chi connectivity index (χ2n) is 7.69. The Balaban J connectivity index is 1.42. The lowest BCUT2D eigenvalue weighted by Gasteiger charge is -2.36. The van der Waals surface area contributed by atoms with E-state index in [9.17, 15) is 22.8 Å². The summed E-state index contributed by atoms with van der Waals surface area (Å²) in [5, 5.41) is 0. The Kier molecular flexibility index (Phi) is 6.27. The Bertz CT molecular complexity index is 698. The molecule has 0 bridgehead atoms. The number of likely N-dealkylation sites (tertiary alicyclic amines) is 2. The van der Waals surface area contributed by atoms with Crippen molar-refractivity contribution in [1.29, 1.82) is 0 Å². The number of carbonyl (C=O) groups is 2. The predicted molar refractivity (Wildman–Crippen MR) is 98.2 cm³/mol. The summed E-state index contributed by atoms with van der Waals surface area (Å²) < 4.78 is 37.8. The molecule has 2 saturated heterocycles. The van der Waals surface area contributed by atoms with Gasteiger partial charge in [0.15, 0.2) is 0 Å². The number of primary amides is 1. The van der Waals surface area contributed by atoms with Crippen LogP contribution in [0.15, 0.2) is 24.3 Å². The van der Waals surface area contributed by atoms with Crippen LogP contribution in [-0.2, 0) is 22.2 Å². The zero-order valence-electron chi connectivity index (χ0n) is 15.8. The lowest BCUT2D eigenvalue weighted by molar-refractivity contribution is -0.137. The molecule has 5 nitrogen and oxygen atoms in total. The first kappa shape index (κ1) is 20.6. The number of alkyl halides is 3. The highest BCUT2D eigenvalue weighted by Crippen LogP contribution is 2.29. The number of amides is 2. The van der Waals surface area contributed by atoms with Crippen LogP contribution >= 0.6 is 0 Å². The van der Waals surface area contributed by atoms with E-state index in [2.05, 4.69) is 4.90 Å². The smallest absolute Gasteiger partial charge is 0.369 e. The maximum absolute atomic E-state index is 12.6. The first-order valence-corrected chi connectivity index (χ1v) is 9.71. The molecule has 2 N–H and O–H groups in total. The quantitative estimate of drug-likeness (QED) is 0.830. The molecule has 1 aromatic rings. The Morgan fingerprint density at radius 1 is 1.04 bits per heavy atom. The summed E-state index contributed by atoms with van der Waals surface area (Å²) in [5.41, 5.74) is 5.44. The minimum atomic E-state index is -4.34. The van der Waals surface area contributed by atoms with Crippen LogP contribution in [0, 0.1) is 5.92 Å². The highest BCUT2D eigenvalue weighted by Gasteiger charge is 2.33. The molecule has 0 spiro atoms. The van der Waals surface area contributed by atoms with Gasteiger partial charge in [-0.2, -0.15) is 13.2 Å². The van der Waals surface area contributed by atoms with Crippen LogP contribution in [-0.4, -0.2) is 53.8 Å². The average Bonchev–Trinajstić information content (AvgIpc) is 3.16. The molecule has 28 heavy (non-hydrogen) atoms. The minimum absolute atomic E-state index is 0.0368. The fourth-order valence-corrected chi connectivity index (χ4v) is 4.10. The number of aryl methyl sites for hydroxylation is 1. The molecular formula is C20H26F3N3O2. The molecule has 0 radical (unpaired) electrons. The van der Waals surface area contributed by atoms with Crippen molar-refractivity contribution in [3.8, 4) is 0 Å². The van der Waals surface area contributed by atoms with E-state index in [1.807, 2.05) is 4.90 Å². The molecule has 2 heterocycles. The van der Waals surface area contributed by atoms with Crippen molar-refractivity contribution >= 4 is 11.8 Å². The normalized spacial score (nSPS) is 21.8. The summed E-state index contributed by atoms with van der Waals surface area (Å²) in [5.74, 6) is -0.267. The van der Waals surface area contributed by atoms with Crippen LogP contribution in [0.1, 0.15) is 36.8 Å². The molecule has 2 aliphatic heterocycles. The number of carbonyl (C=O) groups excluding carboxylic acids is 2. The number of rotatable bonds is 5. The SMILES string of the molecule is NC(=O)C1CCN(C2CCN(C(=O)CCc3ccc(C(F)(F)F)cc3)CC2)C1. The number of piperidine rings is 1. The third-order valence-electron chi connectivity index (χ3n) is 5.86. The number of hydrogen-bond acceptors (Lipinski definition) is 3. The Hall–Kier alpha value is -2.09. The third-order valence-corrected chi connectivity index (χ3v) is 5.86. The zero-order chi connectivity index (χ0) is 20.3. The molecule has 154 valence electrons. The summed E-state index contributed by atoms with van der Waals surface area (Å²) >= 11 is 0. The number of nitrogens with zero attached hydrogens (tertiary/aromatic N) is 2. The second kappa shape index (κ2) is 8.51. The standard InChI is InChI=1S/C20H26F3N3O2/c21-20(22,23)16-4-1-14(2-5-16)3-6-18(27)25-11-8-17(9-12-25)26-10-7-15(13-26)19(24)28/h1-2,4-5,15,17H,3,6-13H2,(H2,24,28). The molecule has 0 aliphatic carbocycles. The Morgan fingerprint density at radius 3 is 2.21 bits per heavy atom. The predicted octanol–water partition coefficient (Wildman–Crippen LogP) is 2.44. The highest BCUT2D eigenvalue weighted by atomic mass is 19.4. The molecule has 2 fully saturated rings. The van der Waals surface area contributed by atoms with Crippen molar-refractivity contribution in [3.63, 3.8) is 0 Å². The van der Waals surface area contributed by atoms with E-state index >= 15 is 0 Å². The van der Waals surface area contributed by atoms with E-state index < -0.39 is 11.7 Å². The van der Waals surface area contributed by atoms with E-state index in [0.717, 1.165) is 43.5 Å². The van der Waals surface area contributed by atoms with Gasteiger partial charge in [-0.05, 0) is 49.9 Å². The van der Waals surface area contributed by atoms with Gasteiger partial charge >= 0.3 is 6.18 Å². The van der Waals surface area contributed by atoms with Gasteiger partial charge in [0.05, 0.1) is 11.5 Å². The van der Waals surface area contributed by atoms with Gasteiger partial charge in [0.2, 0.25) is 11.8 Å². The number of benzene rings is 1. The molecule has 8 heteroatoms. The van der Waals surface area contributed by atoms with Crippen LogP contribution in [0.5, 0.6) is 0 Å². The van der Waals surface area contributed by atoms with Gasteiger partial charge in [-0.1, -0.05) is 12.1 Å². The van der Waals surface area contributed by atoms with Crippen LogP contribution < -0.4 is 5.73 Å². The van der Waals surface area contributed by atoms with Gasteiger partial charge in [0.25, 0.3) is 0 Å². The lowest BCUT2D eigenvalue weighted by Crippen LogP contribution is -2.46. The minimum Gasteiger partial charge on any atom is -0.369 e. The van der Waals surface area contributed by atoms with Crippen molar-refractivity contribution in [3.05, 3.63) is 35.4 Å². The highest BCUT2D eigenvalue weighted by molar-refractivity contribution is 5.77. The van der Waals surface area contributed by atoms with Crippen LogP contribution in [0.25, 0.3) is 0 Å². The first-order chi connectivity index (χ1) is 13.2. The van der Waals surface area contributed by atoms with Gasteiger partial charge in [-0.25, -0.2) is 0 Å². The molecular weight excluding hydrogens is 371 g/mol. The molecule has 1 atom stereocenters. The maximum atomic E-state index is 12.6. The fraction of sp³-hybridized carbons (Fsp3) is 0.600. The number of halogens is 3. The van der Waals surface area contributed by atoms with Crippen molar-refractivity contribution < 1.29 is 22.8 Å². The Morgan fingerprint density at radius 2 is 1.68 bits per heavy atom. The number of nitrogens with two attached hydrogens (primary N) is 1. The van der Waals surface area contributed by atoms with E-state index in [1.54, 1.807) is 0 Å². The first-order valence-electron chi connectivity index (χ1n) is 9.71. The van der Waals surface area contributed by atoms with Gasteiger partial charge in [-0.15, -0.1) is 0 Å². The average molecular weight is 397 g/mol. The number of hydrogen-bond donors (Lipinski definition) is 1. The molecule has 3 rings (SSSR count). The largest absolute Gasteiger partial charge is 0.416 e. The molecule has 2 aliphatic rings. The summed E-state index contributed by atoms with van der Waals surface area (Å²) in [7, 11) is 0. The van der Waals surface area contributed by atoms with Crippen molar-refractivity contribution in [2.75, 3.05) is 26.2 Å². The lowest BCUT2D eigenvalue weighted by atomic mass is 10.0. The summed E-state index contributed by atoms with van der Waals surface area (Å²) in [4.78, 5) is 27.9. The van der Waals surface area contributed by atoms with Gasteiger partial charge in [0.1, 0.15) is 0 Å². The summed E-state index contributed by atoms with van der Waals surface area (Å²) in [6, 6.07) is 5.36. The molecule has 2 amide bonds. The molecule has 0 aromatic heterocycles. The summed E-state index contributed by atoms with van der Waals surface area (Å²) in [6.07, 6.45) is -1.06. The molecule has 1 aromatic carbocycles. The third kappa shape index (κ3) is 5.04. The van der Waals surface area contributed by atoms with Crippen LogP contribution in [0.4, 0.5) is 13.2 Å². The van der Waals surface area contributed by atoms with Crippen LogP contribution in [0.2, 0.25) is 0 Å². The van der Waals surface area contributed by atoms with Crippen LogP contribution in [0.3, 0.4) is 0 Å². The molecule has 1 unspecified atom stereocenters. The van der Waals surface area contributed by atoms with E-state index in [-0.39, 0.29) is 17.7 Å². The van der Waals surface area contributed by atoms with Gasteiger partial charge < -0.3 is 10.6 Å².